The summed E-state index contributed by atoms with van der Waals surface area (Å²) in [6, 6.07) is 2.66. The predicted molar refractivity (Wildman–Crippen MR) is 88.4 cm³/mol. The molecule has 0 aliphatic carbocycles. The summed E-state index contributed by atoms with van der Waals surface area (Å²) < 4.78 is 2.02. The lowest BCUT2D eigenvalue weighted by molar-refractivity contribution is 0.0543. The number of piperidine rings is 1. The Labute approximate surface area is 129 Å². The van der Waals surface area contributed by atoms with Gasteiger partial charge in [0.25, 0.3) is 0 Å². The molecule has 1 aromatic rings. The fraction of sp³-hybridized carbons (Fsp3) is 0.824. The van der Waals surface area contributed by atoms with Gasteiger partial charge >= 0.3 is 0 Å². The zero-order chi connectivity index (χ0) is 15.5. The van der Waals surface area contributed by atoms with E-state index in [0.29, 0.717) is 6.04 Å². The van der Waals surface area contributed by atoms with Crippen LogP contribution in [0.1, 0.15) is 65.1 Å². The van der Waals surface area contributed by atoms with Crippen LogP contribution >= 0.6 is 0 Å². The Morgan fingerprint density at radius 3 is 2.48 bits per heavy atom. The van der Waals surface area contributed by atoms with Gasteiger partial charge in [-0.2, -0.15) is 5.10 Å². The summed E-state index contributed by atoms with van der Waals surface area (Å²) >= 11 is 0. The number of aromatic nitrogens is 2. The largest absolute Gasteiger partial charge is 0.326 e. The molecule has 1 fully saturated rings. The predicted octanol–water partition coefficient (Wildman–Crippen LogP) is 2.99. The van der Waals surface area contributed by atoms with Crippen LogP contribution in [0.5, 0.6) is 0 Å². The van der Waals surface area contributed by atoms with E-state index in [1.807, 2.05) is 4.68 Å². The van der Waals surface area contributed by atoms with Gasteiger partial charge in [-0.3, -0.25) is 9.58 Å². The van der Waals surface area contributed by atoms with Crippen LogP contribution in [-0.2, 0) is 6.42 Å². The lowest BCUT2D eigenvalue weighted by Gasteiger charge is -2.46. The molecule has 4 nitrogen and oxygen atoms in total. The van der Waals surface area contributed by atoms with Gasteiger partial charge in [-0.05, 0) is 59.2 Å². The lowest BCUT2D eigenvalue weighted by atomic mass is 9.84. The average molecular weight is 292 g/mol. The van der Waals surface area contributed by atoms with Gasteiger partial charge in [0.15, 0.2) is 0 Å². The highest BCUT2D eigenvalue weighted by molar-refractivity contribution is 5.07. The molecule has 2 atom stereocenters. The van der Waals surface area contributed by atoms with Crippen LogP contribution in [0.4, 0.5) is 0 Å². The summed E-state index contributed by atoms with van der Waals surface area (Å²) in [4.78, 5) is 2.61. The maximum absolute atomic E-state index is 6.62. The fourth-order valence-corrected chi connectivity index (χ4v) is 3.34. The summed E-state index contributed by atoms with van der Waals surface area (Å²) in [5, 5.41) is 4.66. The van der Waals surface area contributed by atoms with Crippen LogP contribution in [-0.4, -0.2) is 39.4 Å². The topological polar surface area (TPSA) is 47.1 Å². The molecular formula is C17H32N4. The van der Waals surface area contributed by atoms with Crippen LogP contribution in [0.25, 0.3) is 0 Å². The molecular weight excluding hydrogens is 260 g/mol. The highest BCUT2D eigenvalue weighted by Gasteiger charge is 2.36. The lowest BCUT2D eigenvalue weighted by Crippen LogP contribution is -2.59. The van der Waals surface area contributed by atoms with Gasteiger partial charge in [0.05, 0.1) is 5.69 Å². The molecule has 1 saturated heterocycles. The van der Waals surface area contributed by atoms with Crippen molar-refractivity contribution in [1.29, 1.82) is 0 Å². The smallest absolute Gasteiger partial charge is 0.0640 e. The van der Waals surface area contributed by atoms with E-state index in [4.69, 9.17) is 5.73 Å². The SMILES string of the molecule is CCC(C)(C(N)Cc1ccn(C(C)C)n1)N1CCCCC1. The third-order valence-electron chi connectivity index (χ3n) is 5.21. The van der Waals surface area contributed by atoms with Gasteiger partial charge in [0, 0.05) is 30.2 Å². The molecule has 0 spiro atoms. The average Bonchev–Trinajstić information content (AvgIpc) is 2.96. The third-order valence-corrected chi connectivity index (χ3v) is 5.21. The van der Waals surface area contributed by atoms with Crippen molar-refractivity contribution in [1.82, 2.24) is 14.7 Å². The first-order chi connectivity index (χ1) is 9.97. The van der Waals surface area contributed by atoms with Gasteiger partial charge in [-0.15, -0.1) is 0 Å². The van der Waals surface area contributed by atoms with Crippen LogP contribution in [0, 0.1) is 0 Å². The molecule has 2 unspecified atom stereocenters. The van der Waals surface area contributed by atoms with E-state index in [0.717, 1.165) is 18.5 Å². The van der Waals surface area contributed by atoms with E-state index in [2.05, 4.69) is 50.0 Å². The summed E-state index contributed by atoms with van der Waals surface area (Å²) in [5.41, 5.74) is 7.82. The van der Waals surface area contributed by atoms with E-state index in [1.54, 1.807) is 0 Å². The second-order valence-corrected chi connectivity index (χ2v) is 6.95. The van der Waals surface area contributed by atoms with Gasteiger partial charge in [0.2, 0.25) is 0 Å². The van der Waals surface area contributed by atoms with Crippen molar-refractivity contribution in [3.05, 3.63) is 18.0 Å². The maximum atomic E-state index is 6.62. The first-order valence-electron chi connectivity index (χ1n) is 8.52. The molecule has 1 aromatic heterocycles. The van der Waals surface area contributed by atoms with Crippen molar-refractivity contribution >= 4 is 0 Å². The van der Waals surface area contributed by atoms with Crippen molar-refractivity contribution < 1.29 is 0 Å². The van der Waals surface area contributed by atoms with Gasteiger partial charge in [-0.25, -0.2) is 0 Å². The van der Waals surface area contributed by atoms with Crippen molar-refractivity contribution in [2.24, 2.45) is 5.73 Å². The van der Waals surface area contributed by atoms with E-state index < -0.39 is 0 Å². The molecule has 2 heterocycles. The molecule has 2 rings (SSSR count). The summed E-state index contributed by atoms with van der Waals surface area (Å²) in [6.07, 6.45) is 8.01. The zero-order valence-electron chi connectivity index (χ0n) is 14.2. The molecule has 0 aromatic carbocycles. The molecule has 0 radical (unpaired) electrons. The minimum atomic E-state index is 0.0853. The molecule has 0 saturated carbocycles. The fourth-order valence-electron chi connectivity index (χ4n) is 3.34. The van der Waals surface area contributed by atoms with Crippen molar-refractivity contribution in [3.63, 3.8) is 0 Å². The molecule has 120 valence electrons. The van der Waals surface area contributed by atoms with Gasteiger partial charge in [0.1, 0.15) is 0 Å². The monoisotopic (exact) mass is 292 g/mol. The molecule has 21 heavy (non-hydrogen) atoms. The Bertz CT molecular complexity index is 434. The van der Waals surface area contributed by atoms with Crippen molar-refractivity contribution in [2.75, 3.05) is 13.1 Å². The van der Waals surface area contributed by atoms with Crippen LogP contribution in [0.15, 0.2) is 12.3 Å². The molecule has 0 amide bonds. The van der Waals surface area contributed by atoms with Crippen LogP contribution in [0.3, 0.4) is 0 Å². The Morgan fingerprint density at radius 2 is 1.95 bits per heavy atom. The normalized spacial score (nSPS) is 21.4. The highest BCUT2D eigenvalue weighted by Crippen LogP contribution is 2.28. The Kier molecular flexibility index (Phi) is 5.44. The minimum absolute atomic E-state index is 0.0853. The second kappa shape index (κ2) is 6.93. The minimum Gasteiger partial charge on any atom is -0.326 e. The zero-order valence-corrected chi connectivity index (χ0v) is 14.2. The molecule has 1 aliphatic heterocycles. The number of nitrogens with zero attached hydrogens (tertiary/aromatic N) is 3. The molecule has 1 aliphatic rings. The third kappa shape index (κ3) is 3.67. The van der Waals surface area contributed by atoms with E-state index in [9.17, 15) is 0 Å². The first kappa shape index (κ1) is 16.5. The van der Waals surface area contributed by atoms with Gasteiger partial charge < -0.3 is 5.73 Å². The summed E-state index contributed by atoms with van der Waals surface area (Å²) in [7, 11) is 0. The first-order valence-corrected chi connectivity index (χ1v) is 8.52. The quantitative estimate of drug-likeness (QED) is 0.877. The van der Waals surface area contributed by atoms with Crippen molar-refractivity contribution in [3.8, 4) is 0 Å². The molecule has 0 bridgehead atoms. The van der Waals surface area contributed by atoms with Crippen molar-refractivity contribution in [2.45, 2.75) is 77.4 Å². The van der Waals surface area contributed by atoms with Crippen LogP contribution < -0.4 is 5.73 Å². The second-order valence-electron chi connectivity index (χ2n) is 6.95. The molecule has 4 heteroatoms. The maximum Gasteiger partial charge on any atom is 0.0640 e. The van der Waals surface area contributed by atoms with E-state index in [-0.39, 0.29) is 11.6 Å². The van der Waals surface area contributed by atoms with Gasteiger partial charge in [-0.1, -0.05) is 13.3 Å². The molecule has 2 N–H and O–H groups in total. The number of nitrogens with two attached hydrogens (primary N) is 1. The number of hydrogen-bond donors (Lipinski definition) is 1. The van der Waals surface area contributed by atoms with E-state index >= 15 is 0 Å². The Hall–Kier alpha value is -0.870. The highest BCUT2D eigenvalue weighted by atomic mass is 15.3. The Morgan fingerprint density at radius 1 is 1.29 bits per heavy atom. The Balaban J connectivity index is 2.05. The number of likely N-dealkylation sites (tertiary alicyclic amines) is 1. The summed E-state index contributed by atoms with van der Waals surface area (Å²) in [5.74, 6) is 0. The number of rotatable bonds is 6. The van der Waals surface area contributed by atoms with E-state index in [1.165, 1.54) is 32.4 Å². The summed E-state index contributed by atoms with van der Waals surface area (Å²) in [6.45, 7) is 11.3. The van der Waals surface area contributed by atoms with Crippen LogP contribution in [0.2, 0.25) is 0 Å². The standard InChI is InChI=1S/C17H32N4/c1-5-17(4,20-10-7-6-8-11-20)16(18)13-15-9-12-21(19-15)14(2)3/h9,12,14,16H,5-8,10-11,13,18H2,1-4H3. The number of hydrogen-bond acceptors (Lipinski definition) is 3.